The molecule has 0 amide bonds. The lowest BCUT2D eigenvalue weighted by Crippen LogP contribution is -2.34. The van der Waals surface area contributed by atoms with E-state index in [1.165, 1.54) is 3.97 Å². The van der Waals surface area contributed by atoms with Gasteiger partial charge in [0.1, 0.15) is 0 Å². The molecule has 0 spiro atoms. The summed E-state index contributed by atoms with van der Waals surface area (Å²) in [6.45, 7) is 1.88. The van der Waals surface area contributed by atoms with Crippen molar-refractivity contribution in [3.8, 4) is 0 Å². The molecular formula is C25H22BrClN2O4S2. The van der Waals surface area contributed by atoms with Crippen LogP contribution < -0.4 is 4.72 Å². The number of para-hydroxylation sites is 1. The van der Waals surface area contributed by atoms with Crippen LogP contribution >= 0.6 is 27.5 Å². The van der Waals surface area contributed by atoms with E-state index < -0.39 is 31.3 Å². The van der Waals surface area contributed by atoms with Crippen molar-refractivity contribution in [2.45, 2.75) is 36.0 Å². The fourth-order valence-corrected chi connectivity index (χ4v) is 8.13. The summed E-state index contributed by atoms with van der Waals surface area (Å²) < 4.78 is 58.9. The Morgan fingerprint density at radius 2 is 1.66 bits per heavy atom. The van der Waals surface area contributed by atoms with Crippen LogP contribution in [0.3, 0.4) is 0 Å². The molecule has 1 atom stereocenters. The number of nitrogens with zero attached hydrogens (tertiary/aromatic N) is 1. The number of benzene rings is 3. The highest BCUT2D eigenvalue weighted by Gasteiger charge is 2.39. The molecule has 4 aromatic rings. The molecule has 1 fully saturated rings. The van der Waals surface area contributed by atoms with Gasteiger partial charge < -0.3 is 0 Å². The average molecular weight is 594 g/mol. The van der Waals surface area contributed by atoms with Crippen LogP contribution in [0.4, 0.5) is 0 Å². The number of aromatic nitrogens is 1. The summed E-state index contributed by atoms with van der Waals surface area (Å²) in [5, 5.41) is 0.484. The summed E-state index contributed by atoms with van der Waals surface area (Å²) in [5.41, 5.74) is 2.07. The number of halogens is 2. The molecule has 0 radical (unpaired) electrons. The minimum Gasteiger partial charge on any atom is -0.235 e. The molecule has 6 nitrogen and oxygen atoms in total. The van der Waals surface area contributed by atoms with Crippen LogP contribution in [0.2, 0.25) is 5.02 Å². The highest BCUT2D eigenvalue weighted by molar-refractivity contribution is 9.10. The van der Waals surface area contributed by atoms with Gasteiger partial charge in [-0.1, -0.05) is 59.6 Å². The number of hydrogen-bond acceptors (Lipinski definition) is 4. The molecule has 182 valence electrons. The molecule has 10 heteroatoms. The Morgan fingerprint density at radius 1 is 0.971 bits per heavy atom. The first-order valence-electron chi connectivity index (χ1n) is 11.0. The lowest BCUT2D eigenvalue weighted by Gasteiger charge is -2.23. The quantitative estimate of drug-likeness (QED) is 0.295. The number of fused-ring (bicyclic) bond motifs is 1. The largest absolute Gasteiger partial charge is 0.268 e. The zero-order chi connectivity index (χ0) is 25.0. The van der Waals surface area contributed by atoms with E-state index in [9.17, 15) is 16.8 Å². The van der Waals surface area contributed by atoms with Crippen LogP contribution in [-0.4, -0.2) is 26.1 Å². The van der Waals surface area contributed by atoms with Crippen molar-refractivity contribution >= 4 is 58.5 Å². The highest BCUT2D eigenvalue weighted by Crippen LogP contribution is 2.39. The van der Waals surface area contributed by atoms with Crippen LogP contribution in [0.1, 0.15) is 35.7 Å². The van der Waals surface area contributed by atoms with Gasteiger partial charge in [-0.2, -0.15) is 0 Å². The van der Waals surface area contributed by atoms with E-state index in [1.54, 1.807) is 72.8 Å². The second kappa shape index (κ2) is 9.05. The molecule has 3 aromatic carbocycles. The molecule has 0 bridgehead atoms. The number of rotatable bonds is 7. The van der Waals surface area contributed by atoms with Crippen molar-refractivity contribution < 1.29 is 16.8 Å². The van der Waals surface area contributed by atoms with Gasteiger partial charge in [0.25, 0.3) is 10.0 Å². The highest BCUT2D eigenvalue weighted by atomic mass is 79.9. The lowest BCUT2D eigenvalue weighted by molar-refractivity contribution is 0.563. The fourth-order valence-electron chi connectivity index (χ4n) is 4.12. The molecule has 1 aliphatic rings. The Labute approximate surface area is 218 Å². The Balaban J connectivity index is 1.82. The molecule has 1 saturated carbocycles. The third-order valence-corrected chi connectivity index (χ3v) is 10.7. The topological polar surface area (TPSA) is 85.2 Å². The minimum atomic E-state index is -4.11. The molecule has 5 rings (SSSR count). The predicted molar refractivity (Wildman–Crippen MR) is 142 cm³/mol. The van der Waals surface area contributed by atoms with Gasteiger partial charge in [0, 0.05) is 14.9 Å². The van der Waals surface area contributed by atoms with E-state index in [1.807, 2.05) is 6.92 Å². The predicted octanol–water partition coefficient (Wildman–Crippen LogP) is 5.77. The second-order valence-corrected chi connectivity index (χ2v) is 13.7. The maximum Gasteiger partial charge on any atom is 0.268 e. The first-order valence-corrected chi connectivity index (χ1v) is 15.1. The van der Waals surface area contributed by atoms with Crippen molar-refractivity contribution in [1.29, 1.82) is 0 Å². The number of hydrogen-bond donors (Lipinski definition) is 1. The number of aryl methyl sites for hydroxylation is 1. The van der Waals surface area contributed by atoms with Crippen molar-refractivity contribution in [3.63, 3.8) is 0 Å². The van der Waals surface area contributed by atoms with E-state index in [2.05, 4.69) is 20.7 Å². The van der Waals surface area contributed by atoms with Gasteiger partial charge in [0.05, 0.1) is 27.4 Å². The fraction of sp³-hybridized carbons (Fsp3) is 0.200. The van der Waals surface area contributed by atoms with Crippen molar-refractivity contribution in [3.05, 3.63) is 99.1 Å². The average Bonchev–Trinajstić information content (AvgIpc) is 3.60. The van der Waals surface area contributed by atoms with E-state index in [0.717, 1.165) is 5.56 Å². The molecule has 1 aromatic heterocycles. The van der Waals surface area contributed by atoms with Crippen molar-refractivity contribution in [1.82, 2.24) is 8.69 Å². The monoisotopic (exact) mass is 592 g/mol. The van der Waals surface area contributed by atoms with Gasteiger partial charge in [-0.05, 0) is 71.6 Å². The molecule has 1 unspecified atom stereocenters. The van der Waals surface area contributed by atoms with Crippen LogP contribution in [0.5, 0.6) is 0 Å². The smallest absolute Gasteiger partial charge is 0.235 e. The Hall–Kier alpha value is -2.17. The van der Waals surface area contributed by atoms with Gasteiger partial charge in [-0.15, -0.1) is 0 Å². The first-order chi connectivity index (χ1) is 16.6. The first kappa shape index (κ1) is 24.5. The minimum absolute atomic E-state index is 0.0977. The van der Waals surface area contributed by atoms with Gasteiger partial charge in [-0.25, -0.2) is 25.5 Å². The summed E-state index contributed by atoms with van der Waals surface area (Å²) in [5.74, 6) is 0. The molecule has 0 saturated heterocycles. The molecular weight excluding hydrogens is 572 g/mol. The zero-order valence-electron chi connectivity index (χ0n) is 18.6. The van der Waals surface area contributed by atoms with Crippen molar-refractivity contribution in [2.24, 2.45) is 0 Å². The summed E-state index contributed by atoms with van der Waals surface area (Å²) in [6, 6.07) is 19.5. The maximum atomic E-state index is 14.1. The third-order valence-electron chi connectivity index (χ3n) is 6.08. The summed E-state index contributed by atoms with van der Waals surface area (Å²) in [7, 11) is -7.82. The molecule has 35 heavy (non-hydrogen) atoms. The Morgan fingerprint density at radius 3 is 2.31 bits per heavy atom. The molecule has 1 aliphatic carbocycles. The summed E-state index contributed by atoms with van der Waals surface area (Å²) in [4.78, 5) is 0.0977. The van der Waals surface area contributed by atoms with Crippen LogP contribution in [-0.2, 0) is 20.0 Å². The number of nitrogens with one attached hydrogen (secondary N) is 1. The van der Waals surface area contributed by atoms with Gasteiger partial charge in [-0.3, -0.25) is 0 Å². The number of sulfonamides is 1. The molecule has 1 N–H and O–H groups in total. The Kier molecular flexibility index (Phi) is 6.34. The zero-order valence-corrected chi connectivity index (χ0v) is 22.6. The maximum absolute atomic E-state index is 14.1. The van der Waals surface area contributed by atoms with E-state index in [0.29, 0.717) is 38.8 Å². The lowest BCUT2D eigenvalue weighted by atomic mass is 10.0. The normalized spacial score (nSPS) is 15.4. The molecule has 1 heterocycles. The van der Waals surface area contributed by atoms with E-state index >= 15 is 0 Å². The SMILES string of the molecule is Cc1ccc(S(=O)(=O)n2c(C(NS(=O)(=O)C3CC3)c3ccccc3Cl)cc3cccc(Br)c32)cc1. The summed E-state index contributed by atoms with van der Waals surface area (Å²) >= 11 is 10.0. The van der Waals surface area contributed by atoms with Crippen LogP contribution in [0, 0.1) is 6.92 Å². The van der Waals surface area contributed by atoms with Crippen LogP contribution in [0.25, 0.3) is 10.9 Å². The van der Waals surface area contributed by atoms with Gasteiger partial charge in [0.2, 0.25) is 10.0 Å². The van der Waals surface area contributed by atoms with Crippen LogP contribution in [0.15, 0.2) is 82.2 Å². The third kappa shape index (κ3) is 4.56. The van der Waals surface area contributed by atoms with Crippen molar-refractivity contribution in [2.75, 3.05) is 0 Å². The summed E-state index contributed by atoms with van der Waals surface area (Å²) in [6.07, 6.45) is 1.14. The second-order valence-electron chi connectivity index (χ2n) is 8.65. The standard InChI is InChI=1S/C25H22BrClN2O4S2/c1-16-9-11-19(12-10-16)35(32,33)29-23(15-17-5-4-7-21(26)25(17)29)24(20-6-2-3-8-22(20)27)28-34(30,31)18-13-14-18/h2-12,15,18,24,28H,13-14H2,1H3. The Bertz CT molecular complexity index is 1640. The van der Waals surface area contributed by atoms with Gasteiger partial charge in [0.15, 0.2) is 0 Å². The van der Waals surface area contributed by atoms with E-state index in [4.69, 9.17) is 11.6 Å². The van der Waals surface area contributed by atoms with E-state index in [-0.39, 0.29) is 10.6 Å². The molecule has 0 aliphatic heterocycles. The van der Waals surface area contributed by atoms with Gasteiger partial charge >= 0.3 is 0 Å².